The number of nitrogen functional groups attached to an aromatic ring is 1. The number of anilines is 2. The summed E-state index contributed by atoms with van der Waals surface area (Å²) in [5, 5.41) is 14.9. The van der Waals surface area contributed by atoms with Gasteiger partial charge in [-0.25, -0.2) is 9.78 Å². The van der Waals surface area contributed by atoms with Crippen LogP contribution >= 0.6 is 0 Å². The lowest BCUT2D eigenvalue weighted by molar-refractivity contribution is -0.121. The number of nitriles is 1. The highest BCUT2D eigenvalue weighted by Gasteiger charge is 2.24. The van der Waals surface area contributed by atoms with Gasteiger partial charge in [-0.05, 0) is 54.3 Å². The normalized spacial score (nSPS) is 12.3. The molecule has 5 rings (SSSR count). The van der Waals surface area contributed by atoms with E-state index in [9.17, 15) is 14.4 Å². The first-order valence-electron chi connectivity index (χ1n) is 13.1. The van der Waals surface area contributed by atoms with Gasteiger partial charge >= 0.3 is 5.97 Å². The Balaban J connectivity index is 1.40. The first-order chi connectivity index (χ1) is 19.9. The lowest BCUT2D eigenvalue weighted by Crippen LogP contribution is -2.34. The Hall–Kier alpha value is -5.43. The molecule has 1 aliphatic rings. The van der Waals surface area contributed by atoms with Crippen molar-refractivity contribution < 1.29 is 14.3 Å². The molecule has 1 aliphatic carbocycles. The number of rotatable bonds is 10. The highest BCUT2D eigenvalue weighted by atomic mass is 16.5. The minimum absolute atomic E-state index is 0.0943. The molecule has 1 saturated carbocycles. The van der Waals surface area contributed by atoms with Crippen LogP contribution in [0.3, 0.4) is 0 Å². The van der Waals surface area contributed by atoms with Crippen molar-refractivity contribution in [3.8, 4) is 17.3 Å². The Bertz CT molecular complexity index is 1670. The van der Waals surface area contributed by atoms with Gasteiger partial charge in [0.15, 0.2) is 5.82 Å². The van der Waals surface area contributed by atoms with Crippen LogP contribution in [0.15, 0.2) is 83.8 Å². The molecule has 0 spiro atoms. The van der Waals surface area contributed by atoms with E-state index in [0.29, 0.717) is 22.5 Å². The van der Waals surface area contributed by atoms with Gasteiger partial charge in [-0.3, -0.25) is 14.2 Å². The van der Waals surface area contributed by atoms with Crippen molar-refractivity contribution >= 4 is 23.4 Å². The lowest BCUT2D eigenvalue weighted by Gasteiger charge is -2.16. The molecule has 206 valence electrons. The van der Waals surface area contributed by atoms with E-state index in [2.05, 4.69) is 21.7 Å². The molecule has 10 nitrogen and oxygen atoms in total. The van der Waals surface area contributed by atoms with E-state index in [1.165, 1.54) is 16.8 Å². The van der Waals surface area contributed by atoms with Gasteiger partial charge < -0.3 is 21.1 Å². The molecule has 1 fully saturated rings. The molecule has 0 radical (unpaired) electrons. The zero-order chi connectivity index (χ0) is 28.8. The van der Waals surface area contributed by atoms with Gasteiger partial charge in [0.05, 0.1) is 29.1 Å². The summed E-state index contributed by atoms with van der Waals surface area (Å²) in [6, 6.07) is 23.1. The number of nitrogens with one attached hydrogen (secondary N) is 2. The van der Waals surface area contributed by atoms with Crippen LogP contribution in [-0.2, 0) is 29.2 Å². The first kappa shape index (κ1) is 27.1. The Labute approximate surface area is 236 Å². The molecule has 1 aromatic heterocycles. The number of nitrogens with two attached hydrogens (primary N) is 1. The largest absolute Gasteiger partial charge is 0.457 e. The smallest absolute Gasteiger partial charge is 0.338 e. The topological polar surface area (TPSA) is 152 Å². The molecular formula is C31H28N6O4. The number of nitrogens with zero attached hydrogens (tertiary/aromatic N) is 3. The fourth-order valence-electron chi connectivity index (χ4n) is 4.22. The van der Waals surface area contributed by atoms with Gasteiger partial charge in [0.1, 0.15) is 13.2 Å². The summed E-state index contributed by atoms with van der Waals surface area (Å²) < 4.78 is 6.79. The molecule has 0 bridgehead atoms. The van der Waals surface area contributed by atoms with Crippen molar-refractivity contribution in [2.24, 2.45) is 0 Å². The number of hydrogen-bond donors (Lipinski definition) is 3. The highest BCUT2D eigenvalue weighted by molar-refractivity contribution is 5.92. The molecule has 10 heteroatoms. The summed E-state index contributed by atoms with van der Waals surface area (Å²) in [5.74, 6) is -0.813. The van der Waals surface area contributed by atoms with Gasteiger partial charge in [-0.1, -0.05) is 42.5 Å². The molecule has 0 aliphatic heterocycles. The van der Waals surface area contributed by atoms with Crippen LogP contribution in [0.25, 0.3) is 11.3 Å². The van der Waals surface area contributed by atoms with E-state index in [1.807, 2.05) is 30.3 Å². The van der Waals surface area contributed by atoms with Crippen LogP contribution < -0.4 is 21.9 Å². The number of ether oxygens (including phenoxy) is 1. The summed E-state index contributed by atoms with van der Waals surface area (Å²) in [6.07, 6.45) is 3.38. The Morgan fingerprint density at radius 3 is 2.51 bits per heavy atom. The maximum absolute atomic E-state index is 13.5. The fourth-order valence-corrected chi connectivity index (χ4v) is 4.22. The van der Waals surface area contributed by atoms with Gasteiger partial charge in [0.25, 0.3) is 5.56 Å². The highest BCUT2D eigenvalue weighted by Crippen LogP contribution is 2.26. The van der Waals surface area contributed by atoms with E-state index >= 15 is 0 Å². The van der Waals surface area contributed by atoms with Crippen molar-refractivity contribution in [1.29, 1.82) is 5.26 Å². The molecule has 1 amide bonds. The van der Waals surface area contributed by atoms with E-state index < -0.39 is 17.4 Å². The Morgan fingerprint density at radius 1 is 1.05 bits per heavy atom. The minimum Gasteiger partial charge on any atom is -0.457 e. The average Bonchev–Trinajstić information content (AvgIpc) is 3.81. The third-order valence-corrected chi connectivity index (χ3v) is 6.55. The molecule has 3 aromatic carbocycles. The minimum atomic E-state index is -0.573. The molecule has 0 unspecified atom stereocenters. The van der Waals surface area contributed by atoms with E-state index in [0.717, 1.165) is 24.0 Å². The second kappa shape index (κ2) is 12.2. The predicted molar refractivity (Wildman–Crippen MR) is 154 cm³/mol. The second-order valence-electron chi connectivity index (χ2n) is 9.79. The standard InChI is InChI=1S/C31H28N6O4/c32-15-20-6-8-21(9-7-20)16-34-28(38)18-37-27(17-35-29(30(37)39)36-26-10-11-26)23-12-24(14-25(33)13-23)31(40)41-19-22-4-2-1-3-5-22/h1-9,12-14,17,26H,10-11,16,18-19,33H2,(H,34,38)(H,35,36). The fraction of sp³-hybridized carbons (Fsp3) is 0.194. The van der Waals surface area contributed by atoms with Crippen molar-refractivity contribution in [1.82, 2.24) is 14.9 Å². The SMILES string of the molecule is N#Cc1ccc(CNC(=O)Cn2c(-c3cc(N)cc(C(=O)OCc4ccccc4)c3)cnc(NC3CC3)c2=O)cc1. The molecule has 4 aromatic rings. The van der Waals surface area contributed by atoms with Gasteiger partial charge in [0.2, 0.25) is 5.91 Å². The predicted octanol–water partition coefficient (Wildman–Crippen LogP) is 3.61. The number of benzene rings is 3. The molecule has 0 saturated heterocycles. The summed E-state index contributed by atoms with van der Waals surface area (Å²) >= 11 is 0. The Morgan fingerprint density at radius 2 is 1.80 bits per heavy atom. The molecular weight excluding hydrogens is 520 g/mol. The Kier molecular flexibility index (Phi) is 8.06. The van der Waals surface area contributed by atoms with Gasteiger partial charge in [0, 0.05) is 23.8 Å². The zero-order valence-corrected chi connectivity index (χ0v) is 22.2. The lowest BCUT2D eigenvalue weighted by atomic mass is 10.1. The van der Waals surface area contributed by atoms with E-state index in [1.54, 1.807) is 36.4 Å². The number of amides is 1. The van der Waals surface area contributed by atoms with Crippen LogP contribution in [0.2, 0.25) is 0 Å². The maximum atomic E-state index is 13.5. The molecule has 4 N–H and O–H groups in total. The van der Waals surface area contributed by atoms with Gasteiger partial charge in [-0.15, -0.1) is 0 Å². The van der Waals surface area contributed by atoms with Crippen molar-refractivity contribution in [3.05, 3.63) is 112 Å². The number of aromatic nitrogens is 2. The van der Waals surface area contributed by atoms with Crippen molar-refractivity contribution in [2.75, 3.05) is 11.1 Å². The number of carbonyl (C=O) groups is 2. The van der Waals surface area contributed by atoms with Crippen LogP contribution in [0, 0.1) is 11.3 Å². The third kappa shape index (κ3) is 6.96. The van der Waals surface area contributed by atoms with Crippen LogP contribution in [0.1, 0.15) is 39.9 Å². The van der Waals surface area contributed by atoms with Crippen LogP contribution in [0.4, 0.5) is 11.5 Å². The second-order valence-corrected chi connectivity index (χ2v) is 9.79. The number of hydrogen-bond acceptors (Lipinski definition) is 8. The van der Waals surface area contributed by atoms with Crippen molar-refractivity contribution in [3.63, 3.8) is 0 Å². The van der Waals surface area contributed by atoms with Gasteiger partial charge in [-0.2, -0.15) is 5.26 Å². The summed E-state index contributed by atoms with van der Waals surface area (Å²) in [5.41, 5.74) is 9.13. The third-order valence-electron chi connectivity index (χ3n) is 6.55. The van der Waals surface area contributed by atoms with E-state index in [-0.39, 0.29) is 37.1 Å². The zero-order valence-electron chi connectivity index (χ0n) is 22.2. The first-order valence-corrected chi connectivity index (χ1v) is 13.1. The molecule has 41 heavy (non-hydrogen) atoms. The number of carbonyl (C=O) groups excluding carboxylic acids is 2. The van der Waals surface area contributed by atoms with Crippen molar-refractivity contribution in [2.45, 2.75) is 38.6 Å². The molecule has 1 heterocycles. The summed E-state index contributed by atoms with van der Waals surface area (Å²) in [6.45, 7) is 0.0362. The summed E-state index contributed by atoms with van der Waals surface area (Å²) in [4.78, 5) is 43.7. The quantitative estimate of drug-likeness (QED) is 0.201. The monoisotopic (exact) mass is 548 g/mol. The van der Waals surface area contributed by atoms with Crippen LogP contribution in [0.5, 0.6) is 0 Å². The maximum Gasteiger partial charge on any atom is 0.338 e. The average molecular weight is 549 g/mol. The van der Waals surface area contributed by atoms with E-state index in [4.69, 9.17) is 15.7 Å². The molecule has 0 atom stereocenters. The number of esters is 1. The van der Waals surface area contributed by atoms with Crippen LogP contribution in [-0.4, -0.2) is 27.5 Å². The summed E-state index contributed by atoms with van der Waals surface area (Å²) in [7, 11) is 0.